The van der Waals surface area contributed by atoms with Crippen LogP contribution in [0, 0.1) is 0 Å². The molecular formula is C18H33N7O. The summed E-state index contributed by atoms with van der Waals surface area (Å²) in [6, 6.07) is 0.969. The van der Waals surface area contributed by atoms with Gasteiger partial charge in [0.1, 0.15) is 5.82 Å². The topological polar surface area (TPSA) is 67.7 Å². The monoisotopic (exact) mass is 363 g/mol. The van der Waals surface area contributed by atoms with E-state index in [0.29, 0.717) is 12.1 Å². The van der Waals surface area contributed by atoms with Crippen LogP contribution in [0.3, 0.4) is 0 Å². The third-order valence-corrected chi connectivity index (χ3v) is 5.20. The lowest BCUT2D eigenvalue weighted by molar-refractivity contribution is 0.0509. The molecule has 0 amide bonds. The summed E-state index contributed by atoms with van der Waals surface area (Å²) in [6.07, 6.45) is 6.44. The van der Waals surface area contributed by atoms with Gasteiger partial charge >= 0.3 is 0 Å². The zero-order valence-corrected chi connectivity index (χ0v) is 16.5. The van der Waals surface area contributed by atoms with Crippen molar-refractivity contribution in [2.45, 2.75) is 37.8 Å². The van der Waals surface area contributed by atoms with Crippen LogP contribution in [0.25, 0.3) is 0 Å². The first-order chi connectivity index (χ1) is 12.7. The molecule has 2 heterocycles. The highest BCUT2D eigenvalue weighted by Crippen LogP contribution is 2.32. The normalized spacial score (nSPS) is 24.3. The quantitative estimate of drug-likeness (QED) is 0.611. The van der Waals surface area contributed by atoms with Crippen molar-refractivity contribution in [2.75, 3.05) is 54.5 Å². The van der Waals surface area contributed by atoms with Gasteiger partial charge in [-0.15, -0.1) is 0 Å². The van der Waals surface area contributed by atoms with Crippen molar-refractivity contribution in [3.05, 3.63) is 11.4 Å². The van der Waals surface area contributed by atoms with E-state index in [1.165, 1.54) is 12.8 Å². The van der Waals surface area contributed by atoms with E-state index in [0.717, 1.165) is 56.4 Å². The summed E-state index contributed by atoms with van der Waals surface area (Å²) in [6.45, 7) is 3.42. The molecule has 0 aromatic rings. The second-order valence-electron chi connectivity index (χ2n) is 7.20. The highest BCUT2D eigenvalue weighted by Gasteiger charge is 2.37. The zero-order chi connectivity index (χ0) is 18.5. The second-order valence-corrected chi connectivity index (χ2v) is 7.20. The Balaban J connectivity index is 1.86. The molecule has 1 saturated carbocycles. The van der Waals surface area contributed by atoms with Crippen molar-refractivity contribution in [2.24, 2.45) is 10.2 Å². The van der Waals surface area contributed by atoms with Crippen molar-refractivity contribution < 1.29 is 4.74 Å². The number of rotatable bonds is 8. The van der Waals surface area contributed by atoms with Crippen LogP contribution in [0.15, 0.2) is 21.6 Å². The first kappa shape index (κ1) is 19.0. The number of hydrogen-bond acceptors (Lipinski definition) is 7. The van der Waals surface area contributed by atoms with Crippen LogP contribution in [0.1, 0.15) is 25.7 Å². The van der Waals surface area contributed by atoms with Crippen LogP contribution < -0.4 is 10.6 Å². The van der Waals surface area contributed by atoms with E-state index in [-0.39, 0.29) is 0 Å². The minimum Gasteiger partial charge on any atom is -0.381 e. The first-order valence-electron chi connectivity index (χ1n) is 9.66. The summed E-state index contributed by atoms with van der Waals surface area (Å²) in [5.41, 5.74) is 1.07. The fraction of sp³-hybridized carbons (Fsp3) is 0.778. The van der Waals surface area contributed by atoms with E-state index in [9.17, 15) is 0 Å². The molecule has 0 radical (unpaired) electrons. The predicted molar refractivity (Wildman–Crippen MR) is 105 cm³/mol. The fourth-order valence-electron chi connectivity index (χ4n) is 3.45. The third-order valence-electron chi connectivity index (χ3n) is 5.20. The van der Waals surface area contributed by atoms with Gasteiger partial charge in [-0.3, -0.25) is 5.01 Å². The Kier molecular flexibility index (Phi) is 6.37. The maximum absolute atomic E-state index is 5.52. The Labute approximate surface area is 156 Å². The summed E-state index contributed by atoms with van der Waals surface area (Å²) in [5.74, 6) is 2.04. The van der Waals surface area contributed by atoms with Gasteiger partial charge in [0.2, 0.25) is 0 Å². The van der Waals surface area contributed by atoms with Crippen LogP contribution in [0.2, 0.25) is 0 Å². The molecule has 1 aliphatic carbocycles. The van der Waals surface area contributed by atoms with Gasteiger partial charge in [0.25, 0.3) is 0 Å². The molecule has 8 nitrogen and oxygen atoms in total. The molecule has 146 valence electrons. The molecule has 0 spiro atoms. The lowest BCUT2D eigenvalue weighted by atomic mass is 10.1. The number of amidine groups is 1. The van der Waals surface area contributed by atoms with Gasteiger partial charge in [-0.2, -0.15) is 10.2 Å². The van der Waals surface area contributed by atoms with E-state index in [2.05, 4.69) is 32.7 Å². The summed E-state index contributed by atoms with van der Waals surface area (Å²) in [4.78, 5) is 2.34. The summed E-state index contributed by atoms with van der Waals surface area (Å²) >= 11 is 0. The molecule has 2 N–H and O–H groups in total. The number of hydrogen-bond donors (Lipinski definition) is 2. The Morgan fingerprint density at radius 1 is 1.27 bits per heavy atom. The molecule has 0 bridgehead atoms. The van der Waals surface area contributed by atoms with Crippen molar-refractivity contribution in [3.8, 4) is 0 Å². The standard InChI is InChI=1S/C18H33N7O/c1-19-9-10-23(3)22-18-16(13-21-25(18)15-5-6-15)17(20-2)24(4)14-7-11-26-12-8-14/h13-15,19-20H,5-12H2,1-4H3/b17-16+,22-18+. The largest absolute Gasteiger partial charge is 0.381 e. The third kappa shape index (κ3) is 4.29. The minimum absolute atomic E-state index is 0.477. The fourth-order valence-corrected chi connectivity index (χ4v) is 3.45. The van der Waals surface area contributed by atoms with E-state index in [1.807, 2.05) is 32.4 Å². The molecule has 0 unspecified atom stereocenters. The molecular weight excluding hydrogens is 330 g/mol. The summed E-state index contributed by atoms with van der Waals surface area (Å²) in [7, 11) is 8.12. The molecule has 26 heavy (non-hydrogen) atoms. The van der Waals surface area contributed by atoms with Crippen molar-refractivity contribution in [3.63, 3.8) is 0 Å². The number of nitrogens with zero attached hydrogens (tertiary/aromatic N) is 5. The van der Waals surface area contributed by atoms with E-state index < -0.39 is 0 Å². The van der Waals surface area contributed by atoms with Gasteiger partial charge in [0.05, 0.1) is 17.8 Å². The number of hydrazone groups is 2. The Morgan fingerprint density at radius 2 is 2.00 bits per heavy atom. The van der Waals surface area contributed by atoms with Gasteiger partial charge in [0, 0.05) is 53.5 Å². The smallest absolute Gasteiger partial charge is 0.181 e. The first-order valence-corrected chi connectivity index (χ1v) is 9.66. The Hall–Kier alpha value is -1.80. The average molecular weight is 364 g/mol. The molecule has 0 aromatic carbocycles. The molecule has 1 saturated heterocycles. The van der Waals surface area contributed by atoms with Crippen LogP contribution >= 0.6 is 0 Å². The number of nitrogens with one attached hydrogen (secondary N) is 2. The average Bonchev–Trinajstić information content (AvgIpc) is 3.43. The summed E-state index contributed by atoms with van der Waals surface area (Å²) < 4.78 is 5.52. The maximum atomic E-state index is 5.52. The number of likely N-dealkylation sites (N-methyl/N-ethyl adjacent to an activating group) is 2. The Morgan fingerprint density at radius 3 is 2.62 bits per heavy atom. The van der Waals surface area contributed by atoms with Gasteiger partial charge < -0.3 is 20.3 Å². The maximum Gasteiger partial charge on any atom is 0.181 e. The van der Waals surface area contributed by atoms with E-state index in [1.54, 1.807) is 0 Å². The highest BCUT2D eigenvalue weighted by atomic mass is 16.5. The molecule has 0 atom stereocenters. The van der Waals surface area contributed by atoms with Crippen LogP contribution in [0.5, 0.6) is 0 Å². The van der Waals surface area contributed by atoms with E-state index >= 15 is 0 Å². The van der Waals surface area contributed by atoms with Crippen LogP contribution in [-0.4, -0.2) is 93.5 Å². The van der Waals surface area contributed by atoms with Crippen LogP contribution in [0.4, 0.5) is 0 Å². The summed E-state index contributed by atoms with van der Waals surface area (Å²) in [5, 5.41) is 20.2. The molecule has 2 aliphatic heterocycles. The SMILES string of the molecule is CNCCN(C)/N=C1\C(=C(/NC)N(C)C2CCOCC2)C=NN1C1CC1. The minimum atomic E-state index is 0.477. The van der Waals surface area contributed by atoms with Gasteiger partial charge in [-0.25, -0.2) is 5.01 Å². The zero-order valence-electron chi connectivity index (χ0n) is 16.5. The lowest BCUT2D eigenvalue weighted by Crippen LogP contribution is -2.41. The highest BCUT2D eigenvalue weighted by molar-refractivity contribution is 6.18. The molecule has 2 fully saturated rings. The Bertz CT molecular complexity index is 564. The molecule has 3 aliphatic rings. The van der Waals surface area contributed by atoms with Gasteiger partial charge in [-0.1, -0.05) is 0 Å². The lowest BCUT2D eigenvalue weighted by Gasteiger charge is -2.35. The predicted octanol–water partition coefficient (Wildman–Crippen LogP) is 0.457. The molecule has 3 rings (SSSR count). The van der Waals surface area contributed by atoms with Crippen molar-refractivity contribution >= 4 is 12.1 Å². The van der Waals surface area contributed by atoms with Crippen molar-refractivity contribution in [1.82, 2.24) is 25.6 Å². The van der Waals surface area contributed by atoms with Gasteiger partial charge in [0.15, 0.2) is 5.84 Å². The van der Waals surface area contributed by atoms with Crippen molar-refractivity contribution in [1.29, 1.82) is 0 Å². The second kappa shape index (κ2) is 8.73. The molecule has 8 heteroatoms. The van der Waals surface area contributed by atoms with E-state index in [4.69, 9.17) is 9.84 Å². The molecule has 0 aromatic heterocycles. The van der Waals surface area contributed by atoms with Crippen LogP contribution in [-0.2, 0) is 4.74 Å². The number of ether oxygens (including phenoxy) is 1. The van der Waals surface area contributed by atoms with Gasteiger partial charge in [-0.05, 0) is 32.7 Å².